The fraction of sp³-hybridized carbons (Fsp3) is 0.591. The van der Waals surface area contributed by atoms with Gasteiger partial charge in [-0.05, 0) is 42.2 Å². The van der Waals surface area contributed by atoms with Crippen molar-refractivity contribution in [3.05, 3.63) is 35.8 Å². The molecule has 0 bridgehead atoms. The number of hydrogen-bond donors (Lipinski definition) is 1. The number of aliphatic hydroxyl groups excluding tert-OH is 1. The van der Waals surface area contributed by atoms with E-state index in [0.717, 1.165) is 0 Å². The van der Waals surface area contributed by atoms with Crippen LogP contribution < -0.4 is 0 Å². The monoisotopic (exact) mass is 402 g/mol. The molecule has 1 saturated carbocycles. The summed E-state index contributed by atoms with van der Waals surface area (Å²) >= 11 is 0. The normalized spacial score (nSPS) is 38.5. The molecule has 2 fully saturated rings. The first kappa shape index (κ1) is 19.9. The van der Waals surface area contributed by atoms with Gasteiger partial charge in [0.15, 0.2) is 5.78 Å². The number of furan rings is 1. The van der Waals surface area contributed by atoms with Gasteiger partial charge in [0, 0.05) is 24.3 Å². The van der Waals surface area contributed by atoms with Gasteiger partial charge in [0.1, 0.15) is 19.0 Å². The molecule has 0 radical (unpaired) electrons. The highest BCUT2D eigenvalue weighted by Gasteiger charge is 2.65. The lowest BCUT2D eigenvalue weighted by Gasteiger charge is -2.58. The number of Topliss-reactive ketones (excluding diaryl/α,β-unsaturated/α-hetero) is 1. The van der Waals surface area contributed by atoms with Crippen molar-refractivity contribution in [2.45, 2.75) is 52.2 Å². The molecule has 29 heavy (non-hydrogen) atoms. The molecule has 2 heterocycles. The second-order valence-corrected chi connectivity index (χ2v) is 8.93. The minimum Gasteiger partial charge on any atom is -0.472 e. The molecule has 0 aromatic carbocycles. The molecule has 6 unspecified atom stereocenters. The van der Waals surface area contributed by atoms with Crippen molar-refractivity contribution in [2.75, 3.05) is 6.61 Å². The van der Waals surface area contributed by atoms with E-state index < -0.39 is 35.0 Å². The zero-order chi connectivity index (χ0) is 21.0. The molecule has 1 N–H and O–H groups in total. The zero-order valence-electron chi connectivity index (χ0n) is 16.8. The summed E-state index contributed by atoms with van der Waals surface area (Å²) in [6.07, 6.45) is 4.26. The Bertz CT molecular complexity index is 870. The highest BCUT2D eigenvalue weighted by atomic mass is 16.5. The first-order chi connectivity index (χ1) is 13.7. The van der Waals surface area contributed by atoms with E-state index in [-0.39, 0.29) is 30.6 Å². The lowest BCUT2D eigenvalue weighted by molar-refractivity contribution is -0.173. The van der Waals surface area contributed by atoms with E-state index in [9.17, 15) is 19.5 Å². The van der Waals surface area contributed by atoms with Gasteiger partial charge in [0.25, 0.3) is 0 Å². The van der Waals surface area contributed by atoms with Crippen molar-refractivity contribution >= 4 is 17.7 Å². The predicted octanol–water partition coefficient (Wildman–Crippen LogP) is 2.68. The quantitative estimate of drug-likeness (QED) is 0.610. The fourth-order valence-corrected chi connectivity index (χ4v) is 5.80. The van der Waals surface area contributed by atoms with Crippen molar-refractivity contribution in [3.63, 3.8) is 0 Å². The number of ether oxygens (including phenoxy) is 2. The summed E-state index contributed by atoms with van der Waals surface area (Å²) < 4.78 is 16.1. The average molecular weight is 402 g/mol. The summed E-state index contributed by atoms with van der Waals surface area (Å²) in [7, 11) is 0. The minimum absolute atomic E-state index is 0.0810. The smallest absolute Gasteiger partial charge is 0.334 e. The molecule has 1 spiro atoms. The molecule has 2 aliphatic carbocycles. The van der Waals surface area contributed by atoms with Crippen LogP contribution >= 0.6 is 0 Å². The third-order valence-corrected chi connectivity index (χ3v) is 7.38. The third kappa shape index (κ3) is 3.03. The largest absolute Gasteiger partial charge is 0.472 e. The van der Waals surface area contributed by atoms with Gasteiger partial charge >= 0.3 is 11.9 Å². The van der Waals surface area contributed by atoms with Crippen molar-refractivity contribution in [1.82, 2.24) is 0 Å². The standard InChI is InChI=1S/C22H26O7/c1-12-18(29-13(2)23)9-22-11-28-20(26)16(22)6-15(24)7-19(22)21(12,3)8-17(25)14-4-5-27-10-14/h4-6,10,12,15,18-19,24H,7-9,11H2,1-3H3. The van der Waals surface area contributed by atoms with Gasteiger partial charge in [-0.15, -0.1) is 0 Å². The van der Waals surface area contributed by atoms with E-state index >= 15 is 0 Å². The zero-order valence-corrected chi connectivity index (χ0v) is 16.8. The number of cyclic esters (lactones) is 1. The van der Waals surface area contributed by atoms with Crippen molar-refractivity contribution in [2.24, 2.45) is 22.7 Å². The number of ketones is 1. The number of esters is 2. The molecule has 6 atom stereocenters. The molecule has 7 heteroatoms. The lowest BCUT2D eigenvalue weighted by Crippen LogP contribution is -2.59. The molecule has 3 aliphatic rings. The molecule has 0 amide bonds. The van der Waals surface area contributed by atoms with Crippen LogP contribution in [0.1, 0.15) is 50.4 Å². The molecule has 1 saturated heterocycles. The summed E-state index contributed by atoms with van der Waals surface area (Å²) in [6, 6.07) is 1.63. The maximum absolute atomic E-state index is 13.0. The highest BCUT2D eigenvalue weighted by Crippen LogP contribution is 2.64. The first-order valence-electron chi connectivity index (χ1n) is 9.97. The van der Waals surface area contributed by atoms with Crippen LogP contribution in [-0.2, 0) is 19.1 Å². The van der Waals surface area contributed by atoms with E-state index in [1.807, 2.05) is 13.8 Å². The Morgan fingerprint density at radius 2 is 2.14 bits per heavy atom. The Kier molecular flexibility index (Phi) is 4.69. The van der Waals surface area contributed by atoms with E-state index in [1.54, 1.807) is 12.1 Å². The maximum atomic E-state index is 13.0. The van der Waals surface area contributed by atoms with Gasteiger partial charge in [-0.25, -0.2) is 4.79 Å². The van der Waals surface area contributed by atoms with Gasteiger partial charge < -0.3 is 19.0 Å². The fourth-order valence-electron chi connectivity index (χ4n) is 5.80. The average Bonchev–Trinajstić information content (AvgIpc) is 3.29. The topological polar surface area (TPSA) is 103 Å². The maximum Gasteiger partial charge on any atom is 0.334 e. The molecule has 1 aromatic heterocycles. The van der Waals surface area contributed by atoms with Crippen molar-refractivity contribution < 1.29 is 33.4 Å². The van der Waals surface area contributed by atoms with Gasteiger partial charge in [-0.3, -0.25) is 9.59 Å². The Labute approximate surface area is 169 Å². The van der Waals surface area contributed by atoms with Crippen LogP contribution in [0.25, 0.3) is 0 Å². The number of rotatable bonds is 4. The number of aliphatic hydroxyl groups is 1. The van der Waals surface area contributed by atoms with Crippen LogP contribution in [0.5, 0.6) is 0 Å². The minimum atomic E-state index is -0.783. The number of carbonyl (C=O) groups is 3. The van der Waals surface area contributed by atoms with E-state index in [4.69, 9.17) is 13.9 Å². The highest BCUT2D eigenvalue weighted by molar-refractivity contribution is 5.96. The van der Waals surface area contributed by atoms with Crippen LogP contribution in [0.4, 0.5) is 0 Å². The van der Waals surface area contributed by atoms with Crippen LogP contribution in [0.3, 0.4) is 0 Å². The Balaban J connectivity index is 1.79. The summed E-state index contributed by atoms with van der Waals surface area (Å²) in [4.78, 5) is 37.3. The summed E-state index contributed by atoms with van der Waals surface area (Å²) in [5.74, 6) is -1.24. The van der Waals surface area contributed by atoms with E-state index in [0.29, 0.717) is 24.0 Å². The molecule has 1 aromatic rings. The van der Waals surface area contributed by atoms with Crippen LogP contribution in [0, 0.1) is 22.7 Å². The Morgan fingerprint density at radius 3 is 2.79 bits per heavy atom. The molecular formula is C22H26O7. The SMILES string of the molecule is CC(=O)OC1CC23COC(=O)C2=CC(O)CC3C(C)(CC(=O)c2ccoc2)C1C. The molecular weight excluding hydrogens is 376 g/mol. The molecule has 4 rings (SSSR count). The van der Waals surface area contributed by atoms with Crippen LogP contribution in [-0.4, -0.2) is 41.6 Å². The second-order valence-electron chi connectivity index (χ2n) is 8.93. The van der Waals surface area contributed by atoms with Crippen LogP contribution in [0.15, 0.2) is 34.7 Å². The number of hydrogen-bond acceptors (Lipinski definition) is 7. The summed E-state index contributed by atoms with van der Waals surface area (Å²) in [6.45, 7) is 5.51. The lowest BCUT2D eigenvalue weighted by atomic mass is 9.45. The van der Waals surface area contributed by atoms with E-state index in [2.05, 4.69) is 0 Å². The van der Waals surface area contributed by atoms with Crippen LogP contribution in [0.2, 0.25) is 0 Å². The predicted molar refractivity (Wildman–Crippen MR) is 101 cm³/mol. The second kappa shape index (κ2) is 6.83. The van der Waals surface area contributed by atoms with E-state index in [1.165, 1.54) is 19.5 Å². The summed E-state index contributed by atoms with van der Waals surface area (Å²) in [5, 5.41) is 10.5. The third-order valence-electron chi connectivity index (χ3n) is 7.38. The summed E-state index contributed by atoms with van der Waals surface area (Å²) in [5.41, 5.74) is -0.365. The Hall–Kier alpha value is -2.41. The van der Waals surface area contributed by atoms with Gasteiger partial charge in [0.2, 0.25) is 0 Å². The van der Waals surface area contributed by atoms with Gasteiger partial charge in [-0.2, -0.15) is 0 Å². The van der Waals surface area contributed by atoms with Crippen molar-refractivity contribution in [3.8, 4) is 0 Å². The Morgan fingerprint density at radius 1 is 1.38 bits per heavy atom. The van der Waals surface area contributed by atoms with Crippen molar-refractivity contribution in [1.29, 1.82) is 0 Å². The first-order valence-corrected chi connectivity index (χ1v) is 9.97. The molecule has 156 valence electrons. The van der Waals surface area contributed by atoms with Gasteiger partial charge in [-0.1, -0.05) is 13.8 Å². The molecule has 7 nitrogen and oxygen atoms in total. The molecule has 1 aliphatic heterocycles. The van der Waals surface area contributed by atoms with Gasteiger partial charge in [0.05, 0.1) is 17.9 Å². The number of carbonyl (C=O) groups excluding carboxylic acids is 3.